The van der Waals surface area contributed by atoms with Gasteiger partial charge in [0.25, 0.3) is 0 Å². The summed E-state index contributed by atoms with van der Waals surface area (Å²) in [6.45, 7) is 0. The van der Waals surface area contributed by atoms with Crippen molar-refractivity contribution >= 4 is 31.8 Å². The van der Waals surface area contributed by atoms with Crippen molar-refractivity contribution < 1.29 is 53.7 Å². The van der Waals surface area contributed by atoms with Gasteiger partial charge in [-0.2, -0.15) is 16.8 Å². The second-order valence-corrected chi connectivity index (χ2v) is 7.86. The van der Waals surface area contributed by atoms with Crippen molar-refractivity contribution in [1.29, 1.82) is 0 Å². The van der Waals surface area contributed by atoms with Gasteiger partial charge in [0.1, 0.15) is 22.5 Å². The van der Waals surface area contributed by atoms with Crippen LogP contribution in [0.2, 0.25) is 0 Å². The minimum atomic E-state index is -5.25. The van der Waals surface area contributed by atoms with Crippen molar-refractivity contribution in [3.05, 3.63) is 40.6 Å². The van der Waals surface area contributed by atoms with Gasteiger partial charge in [-0.25, -0.2) is 0 Å². The summed E-state index contributed by atoms with van der Waals surface area (Å²) in [6.07, 6.45) is 0. The van der Waals surface area contributed by atoms with E-state index in [1.165, 1.54) is 6.07 Å². The standard InChI is InChI=1S/C16H12O13S2/c1-26-10-3-2-7(4-11(10)28-30(20,21)22)15-16(29-31(23,24)25)14(19)13-9(18)5-8(17)6-12(13)27-15/h2-6,17-18H,1H3,(H,20,21,22)(H,23,24,25). The molecule has 0 spiro atoms. The van der Waals surface area contributed by atoms with Gasteiger partial charge >= 0.3 is 20.8 Å². The van der Waals surface area contributed by atoms with Crippen LogP contribution in [0.15, 0.2) is 39.5 Å². The molecule has 3 rings (SSSR count). The first-order valence-electron chi connectivity index (χ1n) is 7.84. The molecule has 31 heavy (non-hydrogen) atoms. The summed E-state index contributed by atoms with van der Waals surface area (Å²) in [4.78, 5) is 12.8. The summed E-state index contributed by atoms with van der Waals surface area (Å²) in [6, 6.07) is 4.88. The summed E-state index contributed by atoms with van der Waals surface area (Å²) in [7, 11) is -9.11. The first-order valence-corrected chi connectivity index (χ1v) is 10.6. The quantitative estimate of drug-likeness (QED) is 0.370. The number of aromatic hydroxyl groups is 2. The van der Waals surface area contributed by atoms with Gasteiger partial charge in [-0.15, -0.1) is 0 Å². The van der Waals surface area contributed by atoms with Crippen molar-refractivity contribution in [3.8, 4) is 40.1 Å². The van der Waals surface area contributed by atoms with E-state index in [-0.39, 0.29) is 11.3 Å². The van der Waals surface area contributed by atoms with Crippen molar-refractivity contribution in [2.45, 2.75) is 0 Å². The molecule has 0 atom stereocenters. The average Bonchev–Trinajstić information content (AvgIpc) is 2.61. The molecule has 0 aliphatic rings. The highest BCUT2D eigenvalue weighted by molar-refractivity contribution is 7.81. The molecule has 15 heteroatoms. The highest BCUT2D eigenvalue weighted by Gasteiger charge is 2.25. The summed E-state index contributed by atoms with van der Waals surface area (Å²) in [5.74, 6) is -3.81. The summed E-state index contributed by atoms with van der Waals surface area (Å²) < 4.78 is 81.7. The Morgan fingerprint density at radius 2 is 1.55 bits per heavy atom. The van der Waals surface area contributed by atoms with E-state index < -0.39 is 66.0 Å². The molecule has 13 nitrogen and oxygen atoms in total. The molecule has 1 aromatic heterocycles. The Labute approximate surface area is 173 Å². The molecule has 0 saturated carbocycles. The van der Waals surface area contributed by atoms with Gasteiger partial charge in [-0.1, -0.05) is 0 Å². The molecule has 0 aliphatic carbocycles. The van der Waals surface area contributed by atoms with Gasteiger partial charge in [-0.05, 0) is 18.2 Å². The van der Waals surface area contributed by atoms with Crippen LogP contribution >= 0.6 is 0 Å². The van der Waals surface area contributed by atoms with Crippen LogP contribution in [0, 0.1) is 0 Å². The van der Waals surface area contributed by atoms with E-state index in [0.29, 0.717) is 0 Å². The van der Waals surface area contributed by atoms with Gasteiger partial charge in [0.05, 0.1) is 7.11 Å². The van der Waals surface area contributed by atoms with Crippen molar-refractivity contribution in [2.24, 2.45) is 0 Å². The normalized spacial score (nSPS) is 12.0. The van der Waals surface area contributed by atoms with Gasteiger partial charge in [-0.3, -0.25) is 13.9 Å². The molecule has 1 heterocycles. The molecule has 2 aromatic carbocycles. The number of methoxy groups -OCH3 is 1. The first kappa shape index (κ1) is 22.2. The van der Waals surface area contributed by atoms with E-state index in [2.05, 4.69) is 8.37 Å². The third-order valence-corrected chi connectivity index (χ3v) is 4.49. The molecule has 4 N–H and O–H groups in total. The number of hydrogen-bond acceptors (Lipinski definition) is 11. The molecule has 0 unspecified atom stereocenters. The number of benzene rings is 2. The predicted octanol–water partition coefficient (Wildman–Crippen LogP) is 1.24. The average molecular weight is 476 g/mol. The topological polar surface area (TPSA) is 207 Å². The molecular weight excluding hydrogens is 464 g/mol. The summed E-state index contributed by atoms with van der Waals surface area (Å²) >= 11 is 0. The lowest BCUT2D eigenvalue weighted by Crippen LogP contribution is -2.15. The Balaban J connectivity index is 2.39. The fourth-order valence-electron chi connectivity index (χ4n) is 2.64. The molecule has 166 valence electrons. The van der Waals surface area contributed by atoms with E-state index in [0.717, 1.165) is 31.4 Å². The molecule has 0 bridgehead atoms. The van der Waals surface area contributed by atoms with Gasteiger partial charge in [0.15, 0.2) is 17.3 Å². The fraction of sp³-hybridized carbons (Fsp3) is 0.0625. The zero-order valence-corrected chi connectivity index (χ0v) is 16.8. The van der Waals surface area contributed by atoms with Crippen LogP contribution in [0.5, 0.6) is 28.7 Å². The second-order valence-electron chi connectivity index (χ2n) is 5.82. The molecule has 0 saturated heterocycles. The lowest BCUT2D eigenvalue weighted by molar-refractivity contribution is 0.360. The van der Waals surface area contributed by atoms with Crippen LogP contribution in [0.4, 0.5) is 0 Å². The van der Waals surface area contributed by atoms with E-state index in [1.54, 1.807) is 0 Å². The van der Waals surface area contributed by atoms with Crippen molar-refractivity contribution in [3.63, 3.8) is 0 Å². The fourth-order valence-corrected chi connectivity index (χ4v) is 3.35. The van der Waals surface area contributed by atoms with Crippen molar-refractivity contribution in [2.75, 3.05) is 7.11 Å². The highest BCUT2D eigenvalue weighted by atomic mass is 32.3. The zero-order valence-electron chi connectivity index (χ0n) is 15.2. The maximum absolute atomic E-state index is 12.8. The molecule has 0 radical (unpaired) electrons. The molecule has 3 aromatic rings. The lowest BCUT2D eigenvalue weighted by Gasteiger charge is -2.13. The zero-order chi connectivity index (χ0) is 23.1. The maximum atomic E-state index is 12.8. The second kappa shape index (κ2) is 7.62. The maximum Gasteiger partial charge on any atom is 0.446 e. The third kappa shape index (κ3) is 4.80. The summed E-state index contributed by atoms with van der Waals surface area (Å²) in [5, 5.41) is 19.0. The van der Waals surface area contributed by atoms with Crippen LogP contribution < -0.4 is 18.5 Å². The SMILES string of the molecule is COc1ccc(-c2oc3cc(O)cc(O)c3c(=O)c2OS(=O)(=O)O)cc1OS(=O)(=O)O. The number of fused-ring (bicyclic) bond motifs is 1. The lowest BCUT2D eigenvalue weighted by atomic mass is 10.1. The first-order chi connectivity index (χ1) is 14.3. The van der Waals surface area contributed by atoms with E-state index in [9.17, 15) is 31.8 Å². The van der Waals surface area contributed by atoms with E-state index in [4.69, 9.17) is 18.3 Å². The smallest absolute Gasteiger partial charge is 0.446 e. The Hall–Kier alpha value is -3.53. The van der Waals surface area contributed by atoms with Crippen LogP contribution in [0.25, 0.3) is 22.3 Å². The number of ether oxygens (including phenoxy) is 1. The number of rotatable bonds is 6. The largest absolute Gasteiger partial charge is 0.508 e. The number of phenols is 2. The number of hydrogen-bond donors (Lipinski definition) is 4. The molecular formula is C16H12O13S2. The third-order valence-electron chi connectivity index (χ3n) is 3.73. The van der Waals surface area contributed by atoms with Gasteiger partial charge < -0.3 is 27.7 Å². The van der Waals surface area contributed by atoms with Crippen LogP contribution in [0.3, 0.4) is 0 Å². The predicted molar refractivity (Wildman–Crippen MR) is 102 cm³/mol. The molecule has 0 fully saturated rings. The van der Waals surface area contributed by atoms with Crippen LogP contribution in [-0.2, 0) is 20.8 Å². The Bertz CT molecular complexity index is 1450. The van der Waals surface area contributed by atoms with Crippen LogP contribution in [-0.4, -0.2) is 43.3 Å². The summed E-state index contributed by atoms with van der Waals surface area (Å²) in [5.41, 5.74) is -1.90. The highest BCUT2D eigenvalue weighted by Crippen LogP contribution is 2.39. The minimum absolute atomic E-state index is 0.183. The number of phenolic OH excluding ortho intramolecular Hbond substituents is 2. The minimum Gasteiger partial charge on any atom is -0.508 e. The molecule has 0 amide bonds. The Kier molecular flexibility index (Phi) is 5.45. The van der Waals surface area contributed by atoms with Crippen molar-refractivity contribution in [1.82, 2.24) is 0 Å². The molecule has 0 aliphatic heterocycles. The van der Waals surface area contributed by atoms with Crippen LogP contribution in [0.1, 0.15) is 0 Å². The van der Waals surface area contributed by atoms with E-state index >= 15 is 0 Å². The van der Waals surface area contributed by atoms with E-state index in [1.807, 2.05) is 0 Å². The van der Waals surface area contributed by atoms with Gasteiger partial charge in [0.2, 0.25) is 11.2 Å². The van der Waals surface area contributed by atoms with Gasteiger partial charge in [0, 0.05) is 17.7 Å². The Morgan fingerprint density at radius 1 is 0.903 bits per heavy atom. The monoisotopic (exact) mass is 476 g/mol. The Morgan fingerprint density at radius 3 is 2.13 bits per heavy atom.